The Hall–Kier alpha value is -1.99. The number of anilines is 1. The normalized spacial score (nSPS) is 19.0. The van der Waals surface area contributed by atoms with Crippen LogP contribution in [0.5, 0.6) is 0 Å². The number of likely N-dealkylation sites (tertiary alicyclic amines) is 1. The number of carbonyl (C=O) groups is 1. The minimum atomic E-state index is -0.391. The molecule has 1 amide bonds. The number of nitrogens with one attached hydrogen (secondary N) is 1. The molecule has 2 rings (SSSR count). The summed E-state index contributed by atoms with van der Waals surface area (Å²) in [5.41, 5.74) is 0.746. The minimum Gasteiger partial charge on any atom is -0.373 e. The number of nitriles is 1. The summed E-state index contributed by atoms with van der Waals surface area (Å²) in [6.45, 7) is 3.00. The van der Waals surface area contributed by atoms with E-state index in [0.29, 0.717) is 16.8 Å². The van der Waals surface area contributed by atoms with Crippen LogP contribution in [-0.4, -0.2) is 23.4 Å². The fourth-order valence-corrected chi connectivity index (χ4v) is 2.47. The van der Waals surface area contributed by atoms with E-state index in [2.05, 4.69) is 17.1 Å². The Morgan fingerprint density at radius 3 is 2.76 bits per heavy atom. The molecule has 1 unspecified atom stereocenters. The molecule has 0 bridgehead atoms. The lowest BCUT2D eigenvalue weighted by Gasteiger charge is -2.32. The predicted molar refractivity (Wildman–Crippen MR) is 83.8 cm³/mol. The van der Waals surface area contributed by atoms with Crippen LogP contribution in [0, 0.1) is 11.3 Å². The number of rotatable bonds is 3. The molecule has 21 heavy (non-hydrogen) atoms. The average molecular weight is 304 g/mol. The van der Waals surface area contributed by atoms with Gasteiger partial charge in [0.1, 0.15) is 11.6 Å². The van der Waals surface area contributed by atoms with Crippen LogP contribution >= 0.6 is 11.6 Å². The SMILES string of the molecule is CC1CCCCN1/C=C(/C#N)C(=O)Nc1ccc(Cl)cc1. The van der Waals surface area contributed by atoms with Crippen LogP contribution < -0.4 is 5.32 Å². The van der Waals surface area contributed by atoms with Gasteiger partial charge in [0.25, 0.3) is 5.91 Å². The van der Waals surface area contributed by atoms with Crippen LogP contribution in [0.25, 0.3) is 0 Å². The second kappa shape index (κ2) is 7.14. The summed E-state index contributed by atoms with van der Waals surface area (Å²) in [6, 6.07) is 9.15. The number of hydrogen-bond acceptors (Lipinski definition) is 3. The van der Waals surface area contributed by atoms with Crippen molar-refractivity contribution in [2.75, 3.05) is 11.9 Å². The average Bonchev–Trinajstić information content (AvgIpc) is 2.48. The maximum absolute atomic E-state index is 12.1. The molecule has 4 nitrogen and oxygen atoms in total. The number of benzene rings is 1. The van der Waals surface area contributed by atoms with Crippen molar-refractivity contribution < 1.29 is 4.79 Å². The predicted octanol–water partition coefficient (Wildman–Crippen LogP) is 3.56. The fourth-order valence-electron chi connectivity index (χ4n) is 2.35. The van der Waals surface area contributed by atoms with Crippen molar-refractivity contribution >= 4 is 23.2 Å². The topological polar surface area (TPSA) is 56.1 Å². The molecule has 1 fully saturated rings. The summed E-state index contributed by atoms with van der Waals surface area (Å²) < 4.78 is 0. The highest BCUT2D eigenvalue weighted by Crippen LogP contribution is 2.18. The first kappa shape index (κ1) is 15.4. The van der Waals surface area contributed by atoms with Crippen molar-refractivity contribution in [2.24, 2.45) is 0 Å². The number of piperidine rings is 1. The molecular weight excluding hydrogens is 286 g/mol. The van der Waals surface area contributed by atoms with Crippen LogP contribution in [0.3, 0.4) is 0 Å². The largest absolute Gasteiger partial charge is 0.373 e. The van der Waals surface area contributed by atoms with Crippen molar-refractivity contribution in [1.29, 1.82) is 5.26 Å². The molecule has 1 aliphatic rings. The van der Waals surface area contributed by atoms with Gasteiger partial charge >= 0.3 is 0 Å². The van der Waals surface area contributed by atoms with Crippen LogP contribution in [0.2, 0.25) is 5.02 Å². The van der Waals surface area contributed by atoms with Gasteiger partial charge in [-0.2, -0.15) is 5.26 Å². The van der Waals surface area contributed by atoms with Crippen molar-refractivity contribution in [3.05, 3.63) is 41.1 Å². The van der Waals surface area contributed by atoms with E-state index in [9.17, 15) is 10.1 Å². The number of amides is 1. The summed E-state index contributed by atoms with van der Waals surface area (Å²) in [6.07, 6.45) is 5.06. The Morgan fingerprint density at radius 1 is 1.43 bits per heavy atom. The summed E-state index contributed by atoms with van der Waals surface area (Å²) >= 11 is 5.80. The van der Waals surface area contributed by atoms with E-state index in [0.717, 1.165) is 19.4 Å². The van der Waals surface area contributed by atoms with E-state index in [4.69, 9.17) is 11.6 Å². The van der Waals surface area contributed by atoms with E-state index in [1.165, 1.54) is 6.42 Å². The Morgan fingerprint density at radius 2 is 2.14 bits per heavy atom. The third-order valence-corrected chi connectivity index (χ3v) is 3.87. The van der Waals surface area contributed by atoms with Crippen LogP contribution in [0.1, 0.15) is 26.2 Å². The molecule has 0 aromatic heterocycles. The Labute approximate surface area is 130 Å². The number of hydrogen-bond donors (Lipinski definition) is 1. The molecule has 0 aliphatic carbocycles. The van der Waals surface area contributed by atoms with Gasteiger partial charge in [0, 0.05) is 29.5 Å². The van der Waals surface area contributed by atoms with Crippen molar-refractivity contribution in [1.82, 2.24) is 4.90 Å². The van der Waals surface area contributed by atoms with Gasteiger partial charge in [-0.15, -0.1) is 0 Å². The third-order valence-electron chi connectivity index (χ3n) is 3.62. The van der Waals surface area contributed by atoms with Crippen LogP contribution in [-0.2, 0) is 4.79 Å². The summed E-state index contributed by atoms with van der Waals surface area (Å²) in [5, 5.41) is 12.5. The molecule has 5 heteroatoms. The van der Waals surface area contributed by atoms with Crippen LogP contribution in [0.4, 0.5) is 5.69 Å². The van der Waals surface area contributed by atoms with E-state index < -0.39 is 5.91 Å². The molecule has 1 aromatic rings. The first-order valence-electron chi connectivity index (χ1n) is 7.04. The lowest BCUT2D eigenvalue weighted by atomic mass is 10.0. The number of carbonyl (C=O) groups excluding carboxylic acids is 1. The van der Waals surface area contributed by atoms with E-state index in [-0.39, 0.29) is 5.57 Å². The quantitative estimate of drug-likeness (QED) is 0.686. The van der Waals surface area contributed by atoms with Crippen molar-refractivity contribution in [3.63, 3.8) is 0 Å². The molecule has 0 spiro atoms. The molecule has 0 radical (unpaired) electrons. The summed E-state index contributed by atoms with van der Waals surface area (Å²) in [7, 11) is 0. The molecule has 1 atom stereocenters. The Kier molecular flexibility index (Phi) is 5.24. The minimum absolute atomic E-state index is 0.124. The van der Waals surface area contributed by atoms with Gasteiger partial charge in [0.05, 0.1) is 0 Å². The zero-order valence-electron chi connectivity index (χ0n) is 12.0. The fraction of sp³-hybridized carbons (Fsp3) is 0.375. The highest BCUT2D eigenvalue weighted by molar-refractivity contribution is 6.30. The zero-order valence-corrected chi connectivity index (χ0v) is 12.7. The second-order valence-corrected chi connectivity index (χ2v) is 5.63. The highest BCUT2D eigenvalue weighted by atomic mass is 35.5. The Bertz CT molecular complexity index is 574. The van der Waals surface area contributed by atoms with E-state index in [1.807, 2.05) is 6.07 Å². The molecule has 1 aliphatic heterocycles. The highest BCUT2D eigenvalue weighted by Gasteiger charge is 2.18. The van der Waals surface area contributed by atoms with Gasteiger partial charge in [-0.05, 0) is 50.5 Å². The lowest BCUT2D eigenvalue weighted by molar-refractivity contribution is -0.112. The van der Waals surface area contributed by atoms with Gasteiger partial charge in [0.15, 0.2) is 0 Å². The lowest BCUT2D eigenvalue weighted by Crippen LogP contribution is -2.34. The van der Waals surface area contributed by atoms with E-state index in [1.54, 1.807) is 30.5 Å². The van der Waals surface area contributed by atoms with Gasteiger partial charge in [-0.1, -0.05) is 11.6 Å². The second-order valence-electron chi connectivity index (χ2n) is 5.20. The molecule has 1 saturated heterocycles. The first-order valence-corrected chi connectivity index (χ1v) is 7.42. The zero-order chi connectivity index (χ0) is 15.2. The monoisotopic (exact) mass is 303 g/mol. The molecule has 1 aromatic carbocycles. The number of halogens is 1. The maximum Gasteiger partial charge on any atom is 0.267 e. The third kappa shape index (κ3) is 4.24. The standard InChI is InChI=1S/C16H18ClN3O/c1-12-4-2-3-9-20(12)11-13(10-18)16(21)19-15-7-5-14(17)6-8-15/h5-8,11-12H,2-4,9H2,1H3,(H,19,21)/b13-11-. The van der Waals surface area contributed by atoms with E-state index >= 15 is 0 Å². The van der Waals surface area contributed by atoms with Gasteiger partial charge in [-0.3, -0.25) is 4.79 Å². The maximum atomic E-state index is 12.1. The molecule has 110 valence electrons. The van der Waals surface area contributed by atoms with Crippen LogP contribution in [0.15, 0.2) is 36.0 Å². The molecular formula is C16H18ClN3O. The molecule has 0 saturated carbocycles. The number of nitrogens with zero attached hydrogens (tertiary/aromatic N) is 2. The first-order chi connectivity index (χ1) is 10.1. The molecule has 1 N–H and O–H groups in total. The van der Waals surface area contributed by atoms with Gasteiger partial charge in [0.2, 0.25) is 0 Å². The van der Waals surface area contributed by atoms with Crippen molar-refractivity contribution in [2.45, 2.75) is 32.2 Å². The van der Waals surface area contributed by atoms with Crippen molar-refractivity contribution in [3.8, 4) is 6.07 Å². The summed E-state index contributed by atoms with van der Waals surface area (Å²) in [4.78, 5) is 14.2. The molecule has 1 heterocycles. The Balaban J connectivity index is 2.07. The van der Waals surface area contributed by atoms with Gasteiger partial charge in [-0.25, -0.2) is 0 Å². The van der Waals surface area contributed by atoms with Gasteiger partial charge < -0.3 is 10.2 Å². The summed E-state index contributed by atoms with van der Waals surface area (Å²) in [5.74, 6) is -0.391. The smallest absolute Gasteiger partial charge is 0.267 e.